The summed E-state index contributed by atoms with van der Waals surface area (Å²) in [5.74, 6) is 2.13. The first-order valence-electron chi connectivity index (χ1n) is 9.09. The summed E-state index contributed by atoms with van der Waals surface area (Å²) in [6.07, 6.45) is 10.2. The van der Waals surface area contributed by atoms with Gasteiger partial charge in [-0.25, -0.2) is 0 Å². The molecule has 2 rings (SSSR count). The fraction of sp³-hybridized carbons (Fsp3) is 0.944. The third-order valence-electron chi connectivity index (χ3n) is 5.08. The van der Waals surface area contributed by atoms with E-state index in [1.807, 2.05) is 0 Å². The third kappa shape index (κ3) is 4.45. The van der Waals surface area contributed by atoms with Gasteiger partial charge in [-0.2, -0.15) is 0 Å². The number of piperidine rings is 1. The van der Waals surface area contributed by atoms with Gasteiger partial charge in [-0.3, -0.25) is 4.99 Å². The Bertz CT molecular complexity index is 348. The zero-order valence-corrected chi connectivity index (χ0v) is 14.5. The number of hydrogen-bond acceptors (Lipinski definition) is 2. The van der Waals surface area contributed by atoms with Crippen LogP contribution in [0.2, 0.25) is 0 Å². The predicted octanol–water partition coefficient (Wildman–Crippen LogP) is 3.96. The number of hydrogen-bond donors (Lipinski definition) is 1. The van der Waals surface area contributed by atoms with E-state index in [0.717, 1.165) is 12.3 Å². The van der Waals surface area contributed by atoms with Crippen molar-refractivity contribution in [2.24, 2.45) is 16.6 Å². The molecule has 0 aromatic heterocycles. The fourth-order valence-corrected chi connectivity index (χ4v) is 4.26. The SMILES string of the molecule is CC(C)N=C1CCC2CC(N)CCCCCC2N1C(C)C. The lowest BCUT2D eigenvalue weighted by molar-refractivity contribution is 0.136. The van der Waals surface area contributed by atoms with E-state index in [-0.39, 0.29) is 0 Å². The largest absolute Gasteiger partial charge is 0.355 e. The van der Waals surface area contributed by atoms with Crippen LogP contribution in [0.25, 0.3) is 0 Å². The maximum Gasteiger partial charge on any atom is 0.0997 e. The molecule has 3 heteroatoms. The van der Waals surface area contributed by atoms with Gasteiger partial charge >= 0.3 is 0 Å². The minimum absolute atomic E-state index is 0.399. The Hall–Kier alpha value is -0.570. The summed E-state index contributed by atoms with van der Waals surface area (Å²) < 4.78 is 0. The van der Waals surface area contributed by atoms with Gasteiger partial charge in [0.2, 0.25) is 0 Å². The predicted molar refractivity (Wildman–Crippen MR) is 91.7 cm³/mol. The summed E-state index contributed by atoms with van der Waals surface area (Å²) in [6, 6.07) is 2.03. The van der Waals surface area contributed by atoms with Crippen LogP contribution < -0.4 is 5.73 Å². The molecule has 1 saturated heterocycles. The van der Waals surface area contributed by atoms with Crippen LogP contribution in [-0.2, 0) is 0 Å². The van der Waals surface area contributed by atoms with E-state index in [9.17, 15) is 0 Å². The molecule has 1 heterocycles. The highest BCUT2D eigenvalue weighted by Gasteiger charge is 2.36. The minimum atomic E-state index is 0.399. The van der Waals surface area contributed by atoms with Crippen molar-refractivity contribution in [3.63, 3.8) is 0 Å². The van der Waals surface area contributed by atoms with Crippen molar-refractivity contribution >= 4 is 5.84 Å². The van der Waals surface area contributed by atoms with E-state index < -0.39 is 0 Å². The van der Waals surface area contributed by atoms with Gasteiger partial charge in [-0.1, -0.05) is 19.3 Å². The second-order valence-corrected chi connectivity index (χ2v) is 7.64. The maximum atomic E-state index is 6.37. The summed E-state index contributed by atoms with van der Waals surface area (Å²) in [5, 5.41) is 0. The van der Waals surface area contributed by atoms with Crippen molar-refractivity contribution in [3.05, 3.63) is 0 Å². The third-order valence-corrected chi connectivity index (χ3v) is 5.08. The molecule has 1 aliphatic carbocycles. The molecule has 2 fully saturated rings. The van der Waals surface area contributed by atoms with Crippen LogP contribution in [0.15, 0.2) is 4.99 Å². The van der Waals surface area contributed by atoms with Crippen LogP contribution in [0.5, 0.6) is 0 Å². The lowest BCUT2D eigenvalue weighted by Gasteiger charge is -2.46. The zero-order chi connectivity index (χ0) is 15.4. The molecule has 0 bridgehead atoms. The average Bonchev–Trinajstić information content (AvgIpc) is 2.47. The van der Waals surface area contributed by atoms with Crippen molar-refractivity contribution in [2.45, 2.75) is 103 Å². The van der Waals surface area contributed by atoms with Gasteiger partial charge in [0.25, 0.3) is 0 Å². The topological polar surface area (TPSA) is 41.6 Å². The number of nitrogens with zero attached hydrogens (tertiary/aromatic N) is 2. The Morgan fingerprint density at radius 1 is 1.05 bits per heavy atom. The van der Waals surface area contributed by atoms with Gasteiger partial charge in [0.15, 0.2) is 0 Å². The lowest BCUT2D eigenvalue weighted by atomic mass is 9.81. The Balaban J connectivity index is 2.22. The van der Waals surface area contributed by atoms with Gasteiger partial charge in [0.1, 0.15) is 0 Å². The van der Waals surface area contributed by atoms with Crippen LogP contribution in [0.3, 0.4) is 0 Å². The van der Waals surface area contributed by atoms with Crippen molar-refractivity contribution in [1.82, 2.24) is 4.90 Å². The number of aliphatic imine (C=N–C) groups is 1. The van der Waals surface area contributed by atoms with E-state index in [1.165, 1.54) is 50.8 Å². The first kappa shape index (κ1) is 16.8. The molecular weight excluding hydrogens is 258 g/mol. The second kappa shape index (κ2) is 7.62. The van der Waals surface area contributed by atoms with Gasteiger partial charge in [0.05, 0.1) is 5.84 Å². The van der Waals surface area contributed by atoms with Crippen molar-refractivity contribution in [2.75, 3.05) is 0 Å². The van der Waals surface area contributed by atoms with Crippen LogP contribution in [0.4, 0.5) is 0 Å². The Morgan fingerprint density at radius 3 is 2.43 bits per heavy atom. The molecule has 1 saturated carbocycles. The molecule has 0 spiro atoms. The van der Waals surface area contributed by atoms with E-state index >= 15 is 0 Å². The molecule has 0 aromatic rings. The molecular formula is C18H35N3. The molecule has 0 amide bonds. The molecule has 3 unspecified atom stereocenters. The number of nitrogens with two attached hydrogens (primary N) is 1. The summed E-state index contributed by atoms with van der Waals surface area (Å²) >= 11 is 0. The highest BCUT2D eigenvalue weighted by molar-refractivity contribution is 5.84. The number of likely N-dealkylation sites (tertiary alicyclic amines) is 1. The Morgan fingerprint density at radius 2 is 1.76 bits per heavy atom. The molecule has 0 aromatic carbocycles. The van der Waals surface area contributed by atoms with Gasteiger partial charge in [-0.15, -0.1) is 0 Å². The van der Waals surface area contributed by atoms with E-state index in [2.05, 4.69) is 32.6 Å². The van der Waals surface area contributed by atoms with E-state index in [1.54, 1.807) is 0 Å². The number of fused-ring (bicyclic) bond motifs is 1. The number of amidine groups is 1. The smallest absolute Gasteiger partial charge is 0.0997 e. The van der Waals surface area contributed by atoms with Crippen molar-refractivity contribution < 1.29 is 0 Å². The summed E-state index contributed by atoms with van der Waals surface area (Å²) in [6.45, 7) is 9.03. The monoisotopic (exact) mass is 293 g/mol. The number of rotatable bonds is 2. The van der Waals surface area contributed by atoms with Crippen molar-refractivity contribution in [1.29, 1.82) is 0 Å². The molecule has 2 aliphatic rings. The van der Waals surface area contributed by atoms with Crippen LogP contribution >= 0.6 is 0 Å². The quantitative estimate of drug-likeness (QED) is 0.837. The lowest BCUT2D eigenvalue weighted by Crippen LogP contribution is -2.53. The molecule has 21 heavy (non-hydrogen) atoms. The fourth-order valence-electron chi connectivity index (χ4n) is 4.26. The Labute approximate surface area is 131 Å². The average molecular weight is 293 g/mol. The highest BCUT2D eigenvalue weighted by atomic mass is 15.2. The van der Waals surface area contributed by atoms with E-state index in [0.29, 0.717) is 24.2 Å². The summed E-state index contributed by atoms with van der Waals surface area (Å²) in [5.41, 5.74) is 6.37. The van der Waals surface area contributed by atoms with Crippen LogP contribution in [0.1, 0.15) is 79.1 Å². The minimum Gasteiger partial charge on any atom is -0.355 e. The summed E-state index contributed by atoms with van der Waals surface area (Å²) in [7, 11) is 0. The molecule has 1 aliphatic heterocycles. The van der Waals surface area contributed by atoms with Gasteiger partial charge in [-0.05, 0) is 59.3 Å². The first-order valence-corrected chi connectivity index (χ1v) is 9.09. The normalized spacial score (nSPS) is 33.8. The molecule has 3 nitrogen and oxygen atoms in total. The van der Waals surface area contributed by atoms with E-state index in [4.69, 9.17) is 10.7 Å². The molecule has 3 atom stereocenters. The Kier molecular flexibility index (Phi) is 6.09. The van der Waals surface area contributed by atoms with Crippen LogP contribution in [0, 0.1) is 5.92 Å². The van der Waals surface area contributed by atoms with Gasteiger partial charge < -0.3 is 10.6 Å². The van der Waals surface area contributed by atoms with Crippen LogP contribution in [-0.4, -0.2) is 34.9 Å². The summed E-state index contributed by atoms with van der Waals surface area (Å²) in [4.78, 5) is 7.58. The molecule has 122 valence electrons. The molecule has 0 radical (unpaired) electrons. The standard InChI is InChI=1S/C18H35N3/c1-13(2)20-18-11-10-15-12-16(19)8-6-5-7-9-17(15)21(18)14(3)4/h13-17H,5-12,19H2,1-4H3. The first-order chi connectivity index (χ1) is 9.99. The van der Waals surface area contributed by atoms with Gasteiger partial charge in [0, 0.05) is 30.6 Å². The highest BCUT2D eigenvalue weighted by Crippen LogP contribution is 2.35. The van der Waals surface area contributed by atoms with Crippen molar-refractivity contribution in [3.8, 4) is 0 Å². The molecule has 2 N–H and O–H groups in total. The zero-order valence-electron chi connectivity index (χ0n) is 14.5. The second-order valence-electron chi connectivity index (χ2n) is 7.64. The maximum absolute atomic E-state index is 6.37.